The molecule has 30 heavy (non-hydrogen) atoms. The lowest BCUT2D eigenvalue weighted by Gasteiger charge is -2.20. The molecule has 0 bridgehead atoms. The zero-order chi connectivity index (χ0) is 22.0. The SMILES string of the molecule is CN=C(NCC(=O)N(C)CC(F)(F)F)NCc1ccc(C)cc1OCCC(C)C.I. The van der Waals surface area contributed by atoms with Crippen LogP contribution in [0.2, 0.25) is 0 Å². The number of ether oxygens (including phenoxy) is 1. The topological polar surface area (TPSA) is 66.0 Å². The average molecular weight is 544 g/mol. The molecule has 0 aromatic heterocycles. The highest BCUT2D eigenvalue weighted by atomic mass is 127. The van der Waals surface area contributed by atoms with E-state index in [9.17, 15) is 18.0 Å². The van der Waals surface area contributed by atoms with E-state index >= 15 is 0 Å². The molecular formula is C20H32F3IN4O2. The third kappa shape index (κ3) is 11.5. The van der Waals surface area contributed by atoms with E-state index in [-0.39, 0.29) is 30.5 Å². The molecule has 0 spiro atoms. The molecule has 0 saturated heterocycles. The van der Waals surface area contributed by atoms with Gasteiger partial charge in [0.1, 0.15) is 12.3 Å². The van der Waals surface area contributed by atoms with Crippen LogP contribution in [-0.2, 0) is 11.3 Å². The minimum absolute atomic E-state index is 0. The van der Waals surface area contributed by atoms with Crippen LogP contribution in [-0.4, -0.2) is 56.7 Å². The van der Waals surface area contributed by atoms with Gasteiger partial charge < -0.3 is 20.3 Å². The van der Waals surface area contributed by atoms with Crippen molar-refractivity contribution in [3.63, 3.8) is 0 Å². The number of halogens is 4. The number of amides is 1. The summed E-state index contributed by atoms with van der Waals surface area (Å²) in [6, 6.07) is 5.88. The smallest absolute Gasteiger partial charge is 0.406 e. The molecule has 0 heterocycles. The predicted molar refractivity (Wildman–Crippen MR) is 123 cm³/mol. The van der Waals surface area contributed by atoms with Crippen molar-refractivity contribution >= 4 is 35.8 Å². The third-order valence-electron chi connectivity index (χ3n) is 4.09. The zero-order valence-corrected chi connectivity index (χ0v) is 20.4. The summed E-state index contributed by atoms with van der Waals surface area (Å²) < 4.78 is 43.0. The Morgan fingerprint density at radius 1 is 1.27 bits per heavy atom. The van der Waals surface area contributed by atoms with Crippen LogP contribution in [0.25, 0.3) is 0 Å². The van der Waals surface area contributed by atoms with Crippen molar-refractivity contribution in [2.75, 3.05) is 33.8 Å². The molecule has 0 fully saturated rings. The average Bonchev–Trinajstić information content (AvgIpc) is 2.61. The van der Waals surface area contributed by atoms with Gasteiger partial charge in [0.25, 0.3) is 0 Å². The highest BCUT2D eigenvalue weighted by Crippen LogP contribution is 2.21. The minimum Gasteiger partial charge on any atom is -0.493 e. The normalized spacial score (nSPS) is 11.7. The number of nitrogens with one attached hydrogen (secondary N) is 2. The first kappa shape index (κ1) is 28.3. The minimum atomic E-state index is -4.43. The maximum atomic E-state index is 12.4. The van der Waals surface area contributed by atoms with Crippen LogP contribution in [0.15, 0.2) is 23.2 Å². The van der Waals surface area contributed by atoms with E-state index in [1.807, 2.05) is 25.1 Å². The fraction of sp³-hybridized carbons (Fsp3) is 0.600. The molecule has 2 N–H and O–H groups in total. The lowest BCUT2D eigenvalue weighted by Crippen LogP contribution is -2.45. The summed E-state index contributed by atoms with van der Waals surface area (Å²) in [5.41, 5.74) is 2.00. The first-order chi connectivity index (χ1) is 13.5. The van der Waals surface area contributed by atoms with Gasteiger partial charge >= 0.3 is 6.18 Å². The molecule has 172 valence electrons. The van der Waals surface area contributed by atoms with Crippen LogP contribution in [0, 0.1) is 12.8 Å². The van der Waals surface area contributed by atoms with Gasteiger partial charge in [0.2, 0.25) is 5.91 Å². The predicted octanol–water partition coefficient (Wildman–Crippen LogP) is 3.72. The molecule has 1 rings (SSSR count). The number of alkyl halides is 3. The van der Waals surface area contributed by atoms with Gasteiger partial charge in [-0.1, -0.05) is 26.0 Å². The lowest BCUT2D eigenvalue weighted by atomic mass is 10.1. The molecule has 0 aliphatic heterocycles. The summed E-state index contributed by atoms with van der Waals surface area (Å²) in [5.74, 6) is 0.942. The molecule has 1 aromatic carbocycles. The summed E-state index contributed by atoms with van der Waals surface area (Å²) in [5, 5.41) is 5.79. The number of carbonyl (C=O) groups excluding carboxylic acids is 1. The van der Waals surface area contributed by atoms with E-state index in [1.165, 1.54) is 7.05 Å². The first-order valence-corrected chi connectivity index (χ1v) is 9.49. The molecule has 0 aliphatic carbocycles. The molecule has 1 amide bonds. The van der Waals surface area contributed by atoms with Gasteiger partial charge in [-0.25, -0.2) is 0 Å². The number of nitrogens with zero attached hydrogens (tertiary/aromatic N) is 2. The van der Waals surface area contributed by atoms with E-state index < -0.39 is 18.6 Å². The van der Waals surface area contributed by atoms with Gasteiger partial charge in [0.15, 0.2) is 5.96 Å². The van der Waals surface area contributed by atoms with Crippen LogP contribution in [0.5, 0.6) is 5.75 Å². The Hall–Kier alpha value is -1.72. The van der Waals surface area contributed by atoms with E-state index in [4.69, 9.17) is 4.74 Å². The van der Waals surface area contributed by atoms with Crippen LogP contribution < -0.4 is 15.4 Å². The molecule has 10 heteroatoms. The van der Waals surface area contributed by atoms with Crippen LogP contribution in [0.1, 0.15) is 31.4 Å². The number of guanidine groups is 1. The van der Waals surface area contributed by atoms with Gasteiger partial charge in [-0.15, -0.1) is 24.0 Å². The van der Waals surface area contributed by atoms with Gasteiger partial charge in [0, 0.05) is 26.2 Å². The Kier molecular flexibility index (Phi) is 12.8. The number of hydrogen-bond donors (Lipinski definition) is 2. The van der Waals surface area contributed by atoms with Gasteiger partial charge in [-0.2, -0.15) is 13.2 Å². The molecule has 0 saturated carbocycles. The second kappa shape index (κ2) is 13.6. The largest absolute Gasteiger partial charge is 0.493 e. The van der Waals surface area contributed by atoms with Crippen molar-refractivity contribution < 1.29 is 22.7 Å². The summed E-state index contributed by atoms with van der Waals surface area (Å²) in [6.45, 7) is 5.66. The van der Waals surface area contributed by atoms with Crippen LogP contribution in [0.4, 0.5) is 13.2 Å². The Morgan fingerprint density at radius 2 is 1.93 bits per heavy atom. The number of aryl methyl sites for hydroxylation is 1. The fourth-order valence-corrected chi connectivity index (χ4v) is 2.40. The molecule has 0 unspecified atom stereocenters. The highest BCUT2D eigenvalue weighted by molar-refractivity contribution is 14.0. The van der Waals surface area contributed by atoms with Crippen molar-refractivity contribution in [1.29, 1.82) is 0 Å². The number of aliphatic imine (C=N–C) groups is 1. The Bertz CT molecular complexity index is 697. The molecular weight excluding hydrogens is 512 g/mol. The lowest BCUT2D eigenvalue weighted by molar-refractivity contribution is -0.157. The third-order valence-corrected chi connectivity index (χ3v) is 4.09. The number of likely N-dealkylation sites (N-methyl/N-ethyl adjacent to an activating group) is 1. The highest BCUT2D eigenvalue weighted by Gasteiger charge is 2.31. The Morgan fingerprint density at radius 3 is 2.50 bits per heavy atom. The molecule has 0 aliphatic rings. The standard InChI is InChI=1S/C20H31F3N4O2.HI/c1-14(2)8-9-29-17-10-15(3)6-7-16(17)11-25-19(24-4)26-12-18(28)27(5)13-20(21,22)23;/h6-7,10,14H,8-9,11-13H2,1-5H3,(H2,24,25,26);1H. The Labute approximate surface area is 193 Å². The van der Waals surface area contributed by atoms with E-state index in [0.29, 0.717) is 29.9 Å². The molecule has 1 aromatic rings. The summed E-state index contributed by atoms with van der Waals surface area (Å²) in [6.07, 6.45) is -3.49. The number of carbonyl (C=O) groups is 1. The van der Waals surface area contributed by atoms with Gasteiger partial charge in [-0.3, -0.25) is 9.79 Å². The van der Waals surface area contributed by atoms with Crippen molar-refractivity contribution in [2.45, 2.75) is 39.9 Å². The van der Waals surface area contributed by atoms with Crippen molar-refractivity contribution in [3.8, 4) is 5.75 Å². The maximum Gasteiger partial charge on any atom is 0.406 e. The van der Waals surface area contributed by atoms with Crippen molar-refractivity contribution in [3.05, 3.63) is 29.3 Å². The Balaban J connectivity index is 0.00000841. The number of hydrogen-bond acceptors (Lipinski definition) is 3. The quantitative estimate of drug-likeness (QED) is 0.283. The second-order valence-electron chi connectivity index (χ2n) is 7.29. The first-order valence-electron chi connectivity index (χ1n) is 9.49. The second-order valence-corrected chi connectivity index (χ2v) is 7.29. The summed E-state index contributed by atoms with van der Waals surface area (Å²) in [7, 11) is 2.63. The summed E-state index contributed by atoms with van der Waals surface area (Å²) >= 11 is 0. The van der Waals surface area contributed by atoms with E-state index in [1.54, 1.807) is 0 Å². The number of benzene rings is 1. The summed E-state index contributed by atoms with van der Waals surface area (Å²) in [4.78, 5) is 16.5. The van der Waals surface area contributed by atoms with Crippen LogP contribution in [0.3, 0.4) is 0 Å². The fourth-order valence-electron chi connectivity index (χ4n) is 2.40. The molecule has 0 radical (unpaired) electrons. The van der Waals surface area contributed by atoms with E-state index in [0.717, 1.165) is 30.3 Å². The van der Waals surface area contributed by atoms with Gasteiger partial charge in [-0.05, 0) is 30.9 Å². The van der Waals surface area contributed by atoms with E-state index in [2.05, 4.69) is 29.5 Å². The van der Waals surface area contributed by atoms with Crippen molar-refractivity contribution in [1.82, 2.24) is 15.5 Å². The van der Waals surface area contributed by atoms with Crippen LogP contribution >= 0.6 is 24.0 Å². The molecule has 0 atom stereocenters. The molecule has 6 nitrogen and oxygen atoms in total. The maximum absolute atomic E-state index is 12.4. The van der Waals surface area contributed by atoms with Crippen molar-refractivity contribution in [2.24, 2.45) is 10.9 Å². The zero-order valence-electron chi connectivity index (χ0n) is 18.1. The number of rotatable bonds is 9. The van der Waals surface area contributed by atoms with Gasteiger partial charge in [0.05, 0.1) is 13.2 Å². The monoisotopic (exact) mass is 544 g/mol.